The predicted octanol–water partition coefficient (Wildman–Crippen LogP) is 5.57. The van der Waals surface area contributed by atoms with E-state index >= 15 is 0 Å². The van der Waals surface area contributed by atoms with Crippen molar-refractivity contribution in [3.8, 4) is 21.8 Å². The lowest BCUT2D eigenvalue weighted by molar-refractivity contribution is -0.125. The SMILES string of the molecule is CSc1nccc(-c2sc(C3CC3)nc2-c2cccc(CC(C)(C)C(N)=O)c2Cl)n1. The topological polar surface area (TPSA) is 81.8 Å². The van der Waals surface area contributed by atoms with E-state index in [1.165, 1.54) is 24.6 Å². The Kier molecular flexibility index (Phi) is 5.88. The first-order valence-electron chi connectivity index (χ1n) is 9.76. The number of hydrogen-bond acceptors (Lipinski definition) is 6. The molecule has 1 aromatic carbocycles. The molecule has 0 unspecified atom stereocenters. The number of thiazole rings is 1. The molecule has 2 heterocycles. The third-order valence-corrected chi connectivity index (χ3v) is 7.50. The average Bonchev–Trinajstić information content (AvgIpc) is 3.48. The van der Waals surface area contributed by atoms with Gasteiger partial charge in [0.1, 0.15) is 0 Å². The van der Waals surface area contributed by atoms with E-state index in [9.17, 15) is 4.79 Å². The minimum Gasteiger partial charge on any atom is -0.369 e. The molecule has 0 atom stereocenters. The maximum atomic E-state index is 11.8. The van der Waals surface area contributed by atoms with E-state index in [4.69, 9.17) is 27.3 Å². The van der Waals surface area contributed by atoms with Gasteiger partial charge in [0.05, 0.1) is 26.3 Å². The number of halogens is 1. The van der Waals surface area contributed by atoms with E-state index < -0.39 is 5.41 Å². The fraction of sp³-hybridized carbons (Fsp3) is 0.364. The highest BCUT2D eigenvalue weighted by molar-refractivity contribution is 7.98. The van der Waals surface area contributed by atoms with Gasteiger partial charge in [0.15, 0.2) is 5.16 Å². The molecular weight excluding hydrogens is 436 g/mol. The number of carbonyl (C=O) groups is 1. The van der Waals surface area contributed by atoms with Crippen molar-refractivity contribution in [3.05, 3.63) is 46.1 Å². The van der Waals surface area contributed by atoms with Crippen molar-refractivity contribution in [1.29, 1.82) is 0 Å². The summed E-state index contributed by atoms with van der Waals surface area (Å²) in [6, 6.07) is 7.80. The van der Waals surface area contributed by atoms with Crippen molar-refractivity contribution in [2.45, 2.75) is 44.2 Å². The van der Waals surface area contributed by atoms with Crippen LogP contribution in [-0.2, 0) is 11.2 Å². The number of benzene rings is 1. The second-order valence-corrected chi connectivity index (χ2v) is 10.3. The molecule has 156 valence electrons. The Balaban J connectivity index is 1.82. The fourth-order valence-corrected chi connectivity index (χ4v) is 5.08. The van der Waals surface area contributed by atoms with Crippen molar-refractivity contribution in [2.75, 3.05) is 6.26 Å². The molecule has 1 fully saturated rings. The molecule has 1 saturated carbocycles. The van der Waals surface area contributed by atoms with Gasteiger partial charge in [0.2, 0.25) is 5.91 Å². The summed E-state index contributed by atoms with van der Waals surface area (Å²) in [5.41, 5.74) is 8.33. The average molecular weight is 459 g/mol. The highest BCUT2D eigenvalue weighted by atomic mass is 35.5. The Morgan fingerprint density at radius 3 is 2.73 bits per heavy atom. The molecule has 0 spiro atoms. The van der Waals surface area contributed by atoms with Crippen LogP contribution in [0.1, 0.15) is 43.2 Å². The summed E-state index contributed by atoms with van der Waals surface area (Å²) >= 11 is 10.1. The Hall–Kier alpha value is -1.96. The minimum absolute atomic E-state index is 0.347. The molecule has 2 N–H and O–H groups in total. The highest BCUT2D eigenvalue weighted by Gasteiger charge is 2.31. The van der Waals surface area contributed by atoms with Crippen molar-refractivity contribution >= 4 is 40.6 Å². The Morgan fingerprint density at radius 2 is 2.07 bits per heavy atom. The van der Waals surface area contributed by atoms with Gasteiger partial charge in [-0.3, -0.25) is 4.79 Å². The van der Waals surface area contributed by atoms with Gasteiger partial charge in [0, 0.05) is 23.1 Å². The molecule has 1 aliphatic carbocycles. The molecular formula is C22H23ClN4OS2. The predicted molar refractivity (Wildman–Crippen MR) is 124 cm³/mol. The lowest BCUT2D eigenvalue weighted by atomic mass is 9.84. The number of nitrogens with zero attached hydrogens (tertiary/aromatic N) is 3. The van der Waals surface area contributed by atoms with Gasteiger partial charge in [-0.05, 0) is 37.1 Å². The van der Waals surface area contributed by atoms with Gasteiger partial charge in [0.25, 0.3) is 0 Å². The third-order valence-electron chi connectivity index (χ3n) is 5.25. The standard InChI is InChI=1S/C22H23ClN4OS2/c1-22(2,20(24)28)11-13-5-4-6-14(16(13)23)17-18(30-19(27-17)12-7-8-12)15-9-10-25-21(26-15)29-3/h4-6,9-10,12H,7-8,11H2,1-3H3,(H2,24,28). The van der Waals surface area contributed by atoms with Gasteiger partial charge in [-0.2, -0.15) is 0 Å². The summed E-state index contributed by atoms with van der Waals surface area (Å²) in [7, 11) is 0. The Labute approximate surface area is 189 Å². The van der Waals surface area contributed by atoms with E-state index in [0.29, 0.717) is 17.4 Å². The number of rotatable bonds is 7. The number of thioether (sulfide) groups is 1. The second kappa shape index (κ2) is 8.29. The molecule has 3 aromatic rings. The number of primary amides is 1. The summed E-state index contributed by atoms with van der Waals surface area (Å²) in [4.78, 5) is 26.8. The van der Waals surface area contributed by atoms with Crippen molar-refractivity contribution < 1.29 is 4.79 Å². The second-order valence-electron chi connectivity index (χ2n) is 8.14. The summed E-state index contributed by atoms with van der Waals surface area (Å²) < 4.78 is 0. The molecule has 8 heteroatoms. The van der Waals surface area contributed by atoms with Crippen LogP contribution in [0.25, 0.3) is 21.8 Å². The van der Waals surface area contributed by atoms with E-state index in [1.54, 1.807) is 17.5 Å². The summed E-state index contributed by atoms with van der Waals surface area (Å²) in [5.74, 6) is 0.181. The van der Waals surface area contributed by atoms with Gasteiger partial charge in [-0.1, -0.05) is 55.4 Å². The van der Waals surface area contributed by atoms with E-state index in [2.05, 4.69) is 4.98 Å². The fourth-order valence-electron chi connectivity index (χ4n) is 3.23. The smallest absolute Gasteiger partial charge is 0.223 e. The molecule has 1 aliphatic rings. The van der Waals surface area contributed by atoms with Crippen molar-refractivity contribution in [1.82, 2.24) is 15.0 Å². The molecule has 0 bridgehead atoms. The number of carbonyl (C=O) groups excluding carboxylic acids is 1. The molecule has 0 radical (unpaired) electrons. The number of aromatic nitrogens is 3. The molecule has 2 aromatic heterocycles. The maximum absolute atomic E-state index is 11.8. The van der Waals surface area contributed by atoms with Gasteiger partial charge in [-0.15, -0.1) is 11.3 Å². The van der Waals surface area contributed by atoms with Crippen molar-refractivity contribution in [3.63, 3.8) is 0 Å². The van der Waals surface area contributed by atoms with E-state index in [0.717, 1.165) is 37.6 Å². The van der Waals surface area contributed by atoms with Crippen LogP contribution in [0.4, 0.5) is 0 Å². The first-order chi connectivity index (χ1) is 14.3. The number of amides is 1. The van der Waals surface area contributed by atoms with Gasteiger partial charge >= 0.3 is 0 Å². The van der Waals surface area contributed by atoms with Crippen LogP contribution in [0.5, 0.6) is 0 Å². The summed E-state index contributed by atoms with van der Waals surface area (Å²) in [6.45, 7) is 3.67. The molecule has 1 amide bonds. The van der Waals surface area contributed by atoms with E-state index in [-0.39, 0.29) is 5.91 Å². The monoisotopic (exact) mass is 458 g/mol. The molecule has 0 saturated heterocycles. The summed E-state index contributed by atoms with van der Waals surface area (Å²) in [6.07, 6.45) is 6.55. The minimum atomic E-state index is -0.688. The molecule has 0 aliphatic heterocycles. The quantitative estimate of drug-likeness (QED) is 0.369. The largest absolute Gasteiger partial charge is 0.369 e. The Bertz CT molecular complexity index is 1110. The Morgan fingerprint density at radius 1 is 1.30 bits per heavy atom. The first kappa shape index (κ1) is 21.3. The van der Waals surface area contributed by atoms with Crippen LogP contribution in [0.3, 0.4) is 0 Å². The van der Waals surface area contributed by atoms with Crippen LogP contribution in [0.15, 0.2) is 35.6 Å². The highest BCUT2D eigenvalue weighted by Crippen LogP contribution is 2.48. The zero-order chi connectivity index (χ0) is 21.5. The first-order valence-corrected chi connectivity index (χ1v) is 12.2. The molecule has 4 rings (SSSR count). The lowest BCUT2D eigenvalue weighted by Crippen LogP contribution is -2.33. The lowest BCUT2D eigenvalue weighted by Gasteiger charge is -2.21. The molecule has 5 nitrogen and oxygen atoms in total. The van der Waals surface area contributed by atoms with Crippen LogP contribution in [0, 0.1) is 5.41 Å². The number of nitrogens with two attached hydrogens (primary N) is 1. The zero-order valence-electron chi connectivity index (χ0n) is 17.1. The summed E-state index contributed by atoms with van der Waals surface area (Å²) in [5, 5.41) is 2.46. The van der Waals surface area contributed by atoms with Crippen LogP contribution in [0.2, 0.25) is 5.02 Å². The van der Waals surface area contributed by atoms with Crippen molar-refractivity contribution in [2.24, 2.45) is 11.1 Å². The van der Waals surface area contributed by atoms with Crippen LogP contribution >= 0.6 is 34.7 Å². The van der Waals surface area contributed by atoms with Gasteiger partial charge < -0.3 is 5.73 Å². The third kappa shape index (κ3) is 4.24. The van der Waals surface area contributed by atoms with E-state index in [1.807, 2.05) is 44.4 Å². The van der Waals surface area contributed by atoms with Gasteiger partial charge in [-0.25, -0.2) is 15.0 Å². The normalized spacial score (nSPS) is 14.1. The number of hydrogen-bond donors (Lipinski definition) is 1. The van der Waals surface area contributed by atoms with Crippen LogP contribution in [-0.4, -0.2) is 27.1 Å². The maximum Gasteiger partial charge on any atom is 0.223 e. The zero-order valence-corrected chi connectivity index (χ0v) is 19.5. The van der Waals surface area contributed by atoms with Crippen LogP contribution < -0.4 is 5.73 Å². The molecule has 30 heavy (non-hydrogen) atoms.